The van der Waals surface area contributed by atoms with Gasteiger partial charge in [0, 0.05) is 6.54 Å². The van der Waals surface area contributed by atoms with Crippen LogP contribution in [0.2, 0.25) is 0 Å². The van der Waals surface area contributed by atoms with E-state index in [1.54, 1.807) is 0 Å². The molecule has 0 saturated carbocycles. The van der Waals surface area contributed by atoms with Crippen molar-refractivity contribution in [2.75, 3.05) is 26.2 Å². The van der Waals surface area contributed by atoms with Crippen molar-refractivity contribution in [3.8, 4) is 0 Å². The smallest absolute Gasteiger partial charge is 0.392 e. The maximum absolute atomic E-state index is 12.5. The standard InChI is InChI=1S/C18H23F3N2O2/c19-18(20,21)12-23-10-7-16(17(23)25)22-8-5-13(6-9-22)15-4-2-1-3-14(15)11-24/h1-4,13,16,24H,5-12H2. The highest BCUT2D eigenvalue weighted by Crippen LogP contribution is 2.33. The lowest BCUT2D eigenvalue weighted by Crippen LogP contribution is -2.46. The van der Waals surface area contributed by atoms with Crippen LogP contribution in [0.3, 0.4) is 0 Å². The van der Waals surface area contributed by atoms with E-state index in [1.165, 1.54) is 0 Å². The predicted molar refractivity (Wildman–Crippen MR) is 87.0 cm³/mol. The molecule has 2 aliphatic rings. The van der Waals surface area contributed by atoms with Gasteiger partial charge in [0.25, 0.3) is 0 Å². The van der Waals surface area contributed by atoms with Crippen molar-refractivity contribution >= 4 is 5.91 Å². The van der Waals surface area contributed by atoms with Gasteiger partial charge in [0.15, 0.2) is 0 Å². The average molecular weight is 356 g/mol. The SMILES string of the molecule is O=C1C(N2CCC(c3ccccc3CO)CC2)CCN1CC(F)(F)F. The number of hydrogen-bond donors (Lipinski definition) is 1. The molecule has 2 fully saturated rings. The molecule has 1 N–H and O–H groups in total. The van der Waals surface area contributed by atoms with Gasteiger partial charge in [0.2, 0.25) is 5.91 Å². The van der Waals surface area contributed by atoms with Crippen LogP contribution < -0.4 is 0 Å². The number of piperidine rings is 1. The van der Waals surface area contributed by atoms with Gasteiger partial charge in [-0.05, 0) is 49.4 Å². The fourth-order valence-corrected chi connectivity index (χ4v) is 4.03. The van der Waals surface area contributed by atoms with Crippen LogP contribution in [0.1, 0.15) is 36.3 Å². The van der Waals surface area contributed by atoms with Crippen molar-refractivity contribution in [1.29, 1.82) is 0 Å². The highest BCUT2D eigenvalue weighted by molar-refractivity contribution is 5.84. The van der Waals surface area contributed by atoms with Crippen molar-refractivity contribution in [2.45, 2.75) is 44.0 Å². The summed E-state index contributed by atoms with van der Waals surface area (Å²) >= 11 is 0. The summed E-state index contributed by atoms with van der Waals surface area (Å²) in [5, 5.41) is 9.48. The van der Waals surface area contributed by atoms with Crippen LogP contribution in [0.25, 0.3) is 0 Å². The Morgan fingerprint density at radius 3 is 2.40 bits per heavy atom. The Bertz CT molecular complexity index is 613. The number of aliphatic hydroxyl groups excluding tert-OH is 1. The summed E-state index contributed by atoms with van der Waals surface area (Å²) in [5.74, 6) is -0.0751. The molecule has 7 heteroatoms. The maximum atomic E-state index is 12.5. The number of carbonyl (C=O) groups is 1. The van der Waals surface area contributed by atoms with Gasteiger partial charge in [0.1, 0.15) is 6.54 Å². The Balaban J connectivity index is 1.59. The van der Waals surface area contributed by atoms with E-state index >= 15 is 0 Å². The Hall–Kier alpha value is -1.60. The molecule has 4 nitrogen and oxygen atoms in total. The number of nitrogens with zero attached hydrogens (tertiary/aromatic N) is 2. The van der Waals surface area contributed by atoms with Crippen molar-refractivity contribution in [3.05, 3.63) is 35.4 Å². The molecule has 25 heavy (non-hydrogen) atoms. The molecular formula is C18H23F3N2O2. The number of rotatable bonds is 4. The van der Waals surface area contributed by atoms with Gasteiger partial charge in [-0.15, -0.1) is 0 Å². The monoisotopic (exact) mass is 356 g/mol. The second-order valence-corrected chi connectivity index (χ2v) is 6.85. The Morgan fingerprint density at radius 2 is 1.76 bits per heavy atom. The summed E-state index contributed by atoms with van der Waals surface area (Å²) in [6, 6.07) is 7.37. The van der Waals surface area contributed by atoms with Crippen molar-refractivity contribution in [3.63, 3.8) is 0 Å². The second kappa shape index (κ2) is 7.33. The Kier molecular flexibility index (Phi) is 5.34. The zero-order chi connectivity index (χ0) is 18.0. The van der Waals surface area contributed by atoms with E-state index in [2.05, 4.69) is 0 Å². The first-order valence-electron chi connectivity index (χ1n) is 8.67. The lowest BCUT2D eigenvalue weighted by atomic mass is 9.86. The summed E-state index contributed by atoms with van der Waals surface area (Å²) in [6.45, 7) is 0.421. The van der Waals surface area contributed by atoms with E-state index in [1.807, 2.05) is 29.2 Å². The van der Waals surface area contributed by atoms with Crippen LogP contribution in [-0.4, -0.2) is 59.2 Å². The molecule has 1 aromatic rings. The summed E-state index contributed by atoms with van der Waals surface area (Å²) in [7, 11) is 0. The average Bonchev–Trinajstić information content (AvgIpc) is 2.94. The molecule has 0 aliphatic carbocycles. The molecule has 138 valence electrons. The first kappa shape index (κ1) is 18.2. The first-order valence-corrected chi connectivity index (χ1v) is 8.67. The number of likely N-dealkylation sites (tertiary alicyclic amines) is 2. The van der Waals surface area contributed by atoms with Gasteiger partial charge in [0.05, 0.1) is 12.6 Å². The molecule has 0 aromatic heterocycles. The molecule has 1 aromatic carbocycles. The number of carbonyl (C=O) groups excluding carboxylic acids is 1. The van der Waals surface area contributed by atoms with Gasteiger partial charge < -0.3 is 10.0 Å². The summed E-state index contributed by atoms with van der Waals surface area (Å²) < 4.78 is 37.6. The maximum Gasteiger partial charge on any atom is 0.406 e. The second-order valence-electron chi connectivity index (χ2n) is 6.85. The fourth-order valence-electron chi connectivity index (χ4n) is 4.03. The quantitative estimate of drug-likeness (QED) is 0.902. The van der Waals surface area contributed by atoms with Crippen LogP contribution in [0.5, 0.6) is 0 Å². The van der Waals surface area contributed by atoms with E-state index in [0.29, 0.717) is 25.4 Å². The van der Waals surface area contributed by atoms with E-state index in [9.17, 15) is 23.1 Å². The highest BCUT2D eigenvalue weighted by atomic mass is 19.4. The largest absolute Gasteiger partial charge is 0.406 e. The minimum Gasteiger partial charge on any atom is -0.392 e. The lowest BCUT2D eigenvalue weighted by Gasteiger charge is -2.35. The van der Waals surface area contributed by atoms with Gasteiger partial charge in [-0.1, -0.05) is 24.3 Å². The minimum absolute atomic E-state index is 0.00387. The van der Waals surface area contributed by atoms with E-state index < -0.39 is 24.7 Å². The van der Waals surface area contributed by atoms with Gasteiger partial charge in [-0.25, -0.2) is 0 Å². The summed E-state index contributed by atoms with van der Waals surface area (Å²) in [6.07, 6.45) is -2.18. The van der Waals surface area contributed by atoms with Crippen LogP contribution in [0.4, 0.5) is 13.2 Å². The highest BCUT2D eigenvalue weighted by Gasteiger charge is 2.42. The summed E-state index contributed by atoms with van der Waals surface area (Å²) in [5.41, 5.74) is 2.07. The first-order chi connectivity index (χ1) is 11.9. The number of aliphatic hydroxyl groups is 1. The normalized spacial score (nSPS) is 23.4. The zero-order valence-electron chi connectivity index (χ0n) is 14.0. The van der Waals surface area contributed by atoms with Crippen LogP contribution >= 0.6 is 0 Å². The zero-order valence-corrected chi connectivity index (χ0v) is 14.0. The van der Waals surface area contributed by atoms with E-state index in [-0.39, 0.29) is 13.2 Å². The third-order valence-electron chi connectivity index (χ3n) is 5.27. The molecule has 0 radical (unpaired) electrons. The fraction of sp³-hybridized carbons (Fsp3) is 0.611. The topological polar surface area (TPSA) is 43.8 Å². The van der Waals surface area contributed by atoms with Gasteiger partial charge >= 0.3 is 6.18 Å². The van der Waals surface area contributed by atoms with E-state index in [4.69, 9.17) is 0 Å². The van der Waals surface area contributed by atoms with Crippen LogP contribution in [0, 0.1) is 0 Å². The lowest BCUT2D eigenvalue weighted by molar-refractivity contribution is -0.159. The number of halogens is 3. The van der Waals surface area contributed by atoms with Crippen molar-refractivity contribution in [1.82, 2.24) is 9.80 Å². The molecule has 1 amide bonds. The molecular weight excluding hydrogens is 333 g/mol. The minimum atomic E-state index is -4.34. The Labute approximate surface area is 145 Å². The predicted octanol–water partition coefficient (Wildman–Crippen LogP) is 2.52. The van der Waals surface area contributed by atoms with Gasteiger partial charge in [-0.2, -0.15) is 13.2 Å². The number of benzene rings is 1. The van der Waals surface area contributed by atoms with Gasteiger partial charge in [-0.3, -0.25) is 9.69 Å². The van der Waals surface area contributed by atoms with E-state index in [0.717, 1.165) is 28.9 Å². The molecule has 3 rings (SSSR count). The molecule has 2 heterocycles. The molecule has 1 atom stereocenters. The third-order valence-corrected chi connectivity index (χ3v) is 5.27. The molecule has 0 spiro atoms. The number of amides is 1. The molecule has 1 unspecified atom stereocenters. The Morgan fingerprint density at radius 1 is 1.08 bits per heavy atom. The third kappa shape index (κ3) is 4.15. The number of hydrogen-bond acceptors (Lipinski definition) is 3. The van der Waals surface area contributed by atoms with Crippen LogP contribution in [-0.2, 0) is 11.4 Å². The van der Waals surface area contributed by atoms with Crippen molar-refractivity contribution in [2.24, 2.45) is 0 Å². The molecule has 0 bridgehead atoms. The van der Waals surface area contributed by atoms with Crippen LogP contribution in [0.15, 0.2) is 24.3 Å². The molecule has 2 aliphatic heterocycles. The summed E-state index contributed by atoms with van der Waals surface area (Å²) in [4.78, 5) is 15.2. The number of alkyl halides is 3. The molecule has 2 saturated heterocycles. The van der Waals surface area contributed by atoms with Crippen molar-refractivity contribution < 1.29 is 23.1 Å².